The van der Waals surface area contributed by atoms with E-state index in [4.69, 9.17) is 5.73 Å². The molecular formula is C10H15NS. The van der Waals surface area contributed by atoms with Gasteiger partial charge in [0.05, 0.1) is 0 Å². The van der Waals surface area contributed by atoms with Crippen LogP contribution in [0.25, 0.3) is 0 Å². The maximum absolute atomic E-state index is 5.89. The van der Waals surface area contributed by atoms with Crippen LogP contribution in [0.2, 0.25) is 0 Å². The van der Waals surface area contributed by atoms with Crippen molar-refractivity contribution in [1.29, 1.82) is 0 Å². The monoisotopic (exact) mass is 181 g/mol. The summed E-state index contributed by atoms with van der Waals surface area (Å²) in [5.41, 5.74) is 7.34. The molecule has 1 heterocycles. The Labute approximate surface area is 77.6 Å². The quantitative estimate of drug-likeness (QED) is 0.708. The highest BCUT2D eigenvalue weighted by molar-refractivity contribution is 7.10. The van der Waals surface area contributed by atoms with Crippen LogP contribution in [0.3, 0.4) is 0 Å². The number of thiophene rings is 1. The second-order valence-corrected chi connectivity index (χ2v) is 4.69. The lowest BCUT2D eigenvalue weighted by molar-refractivity contribution is 0.679. The van der Waals surface area contributed by atoms with Crippen LogP contribution in [0, 0.1) is 6.92 Å². The van der Waals surface area contributed by atoms with Crippen LogP contribution in [0.5, 0.6) is 0 Å². The van der Waals surface area contributed by atoms with Crippen LogP contribution in [0.4, 0.5) is 0 Å². The molecule has 1 aromatic rings. The fourth-order valence-corrected chi connectivity index (χ4v) is 3.14. The summed E-state index contributed by atoms with van der Waals surface area (Å²) >= 11 is 1.89. The van der Waals surface area contributed by atoms with Crippen LogP contribution < -0.4 is 5.73 Å². The van der Waals surface area contributed by atoms with E-state index in [2.05, 4.69) is 18.4 Å². The minimum Gasteiger partial charge on any atom is -0.328 e. The van der Waals surface area contributed by atoms with Crippen molar-refractivity contribution >= 4 is 11.3 Å². The molecule has 0 radical (unpaired) electrons. The first-order chi connectivity index (χ1) is 5.77. The van der Waals surface area contributed by atoms with Crippen molar-refractivity contribution in [3.63, 3.8) is 0 Å². The largest absolute Gasteiger partial charge is 0.328 e. The maximum atomic E-state index is 5.89. The molecule has 1 fully saturated rings. The van der Waals surface area contributed by atoms with Gasteiger partial charge in [0.2, 0.25) is 0 Å². The van der Waals surface area contributed by atoms with E-state index in [0.29, 0.717) is 6.04 Å². The van der Waals surface area contributed by atoms with E-state index in [1.165, 1.54) is 24.8 Å². The van der Waals surface area contributed by atoms with Crippen LogP contribution in [-0.2, 0) is 0 Å². The minimum atomic E-state index is 0.455. The van der Waals surface area contributed by atoms with Gasteiger partial charge in [-0.1, -0.05) is 0 Å². The molecule has 1 aromatic heterocycles. The Morgan fingerprint density at radius 3 is 2.83 bits per heavy atom. The molecule has 1 saturated carbocycles. The van der Waals surface area contributed by atoms with E-state index < -0.39 is 0 Å². The highest BCUT2D eigenvalue weighted by Gasteiger charge is 2.24. The number of hydrogen-bond donors (Lipinski definition) is 1. The van der Waals surface area contributed by atoms with Gasteiger partial charge in [-0.3, -0.25) is 0 Å². The Balaban J connectivity index is 2.16. The number of rotatable bonds is 1. The van der Waals surface area contributed by atoms with E-state index in [-0.39, 0.29) is 0 Å². The van der Waals surface area contributed by atoms with Crippen LogP contribution in [-0.4, -0.2) is 6.04 Å². The van der Waals surface area contributed by atoms with E-state index in [1.54, 1.807) is 4.88 Å². The van der Waals surface area contributed by atoms with Crippen LogP contribution in [0.15, 0.2) is 11.4 Å². The van der Waals surface area contributed by atoms with E-state index in [1.807, 2.05) is 11.3 Å². The Morgan fingerprint density at radius 1 is 1.50 bits per heavy atom. The first kappa shape index (κ1) is 8.27. The summed E-state index contributed by atoms with van der Waals surface area (Å²) in [5.74, 6) is 0.764. The topological polar surface area (TPSA) is 26.0 Å². The summed E-state index contributed by atoms with van der Waals surface area (Å²) in [5, 5.41) is 2.19. The van der Waals surface area contributed by atoms with E-state index in [0.717, 1.165) is 5.92 Å². The average molecular weight is 181 g/mol. The van der Waals surface area contributed by atoms with Crippen molar-refractivity contribution in [3.8, 4) is 0 Å². The first-order valence-electron chi connectivity index (χ1n) is 4.57. The zero-order valence-electron chi connectivity index (χ0n) is 7.42. The molecule has 2 rings (SSSR count). The number of aryl methyl sites for hydroxylation is 1. The SMILES string of the molecule is Cc1ccsc1C1CCC(N)C1. The molecule has 12 heavy (non-hydrogen) atoms. The van der Waals surface area contributed by atoms with E-state index in [9.17, 15) is 0 Å². The van der Waals surface area contributed by atoms with Crippen LogP contribution in [0.1, 0.15) is 35.6 Å². The molecule has 0 saturated heterocycles. The third kappa shape index (κ3) is 1.41. The predicted molar refractivity (Wildman–Crippen MR) is 53.6 cm³/mol. The van der Waals surface area contributed by atoms with Crippen molar-refractivity contribution in [1.82, 2.24) is 0 Å². The van der Waals surface area contributed by atoms with Crippen molar-refractivity contribution in [3.05, 3.63) is 21.9 Å². The highest BCUT2D eigenvalue weighted by Crippen LogP contribution is 2.37. The summed E-state index contributed by atoms with van der Waals surface area (Å²) in [4.78, 5) is 1.57. The minimum absolute atomic E-state index is 0.455. The molecule has 0 bridgehead atoms. The summed E-state index contributed by atoms with van der Waals surface area (Å²) in [7, 11) is 0. The molecule has 1 aliphatic carbocycles. The summed E-state index contributed by atoms with van der Waals surface area (Å²) < 4.78 is 0. The highest BCUT2D eigenvalue weighted by atomic mass is 32.1. The van der Waals surface area contributed by atoms with Crippen molar-refractivity contribution in [2.45, 2.75) is 38.1 Å². The lowest BCUT2D eigenvalue weighted by Gasteiger charge is -2.07. The Morgan fingerprint density at radius 2 is 2.33 bits per heavy atom. The van der Waals surface area contributed by atoms with Crippen molar-refractivity contribution < 1.29 is 0 Å². The fourth-order valence-electron chi connectivity index (χ4n) is 2.06. The smallest absolute Gasteiger partial charge is 0.0106 e. The molecule has 2 N–H and O–H groups in total. The average Bonchev–Trinajstić information content (AvgIpc) is 2.58. The Bertz CT molecular complexity index is 267. The van der Waals surface area contributed by atoms with Gasteiger partial charge in [0.25, 0.3) is 0 Å². The summed E-state index contributed by atoms with van der Waals surface area (Å²) in [6.07, 6.45) is 3.70. The molecule has 1 nitrogen and oxygen atoms in total. The first-order valence-corrected chi connectivity index (χ1v) is 5.45. The molecule has 0 spiro atoms. The number of hydrogen-bond acceptors (Lipinski definition) is 2. The molecule has 0 aromatic carbocycles. The zero-order valence-corrected chi connectivity index (χ0v) is 8.23. The van der Waals surface area contributed by atoms with Gasteiger partial charge >= 0.3 is 0 Å². The van der Waals surface area contributed by atoms with E-state index >= 15 is 0 Å². The maximum Gasteiger partial charge on any atom is 0.0106 e. The van der Waals surface area contributed by atoms with Crippen molar-refractivity contribution in [2.75, 3.05) is 0 Å². The zero-order chi connectivity index (χ0) is 8.55. The second kappa shape index (κ2) is 3.19. The standard InChI is InChI=1S/C10H15NS/c1-7-4-5-12-10(7)8-2-3-9(11)6-8/h4-5,8-9H,2-3,6,11H2,1H3. The molecule has 66 valence electrons. The fraction of sp³-hybridized carbons (Fsp3) is 0.600. The normalized spacial score (nSPS) is 29.5. The molecule has 1 aliphatic rings. The van der Waals surface area contributed by atoms with Crippen molar-refractivity contribution in [2.24, 2.45) is 5.73 Å². The Kier molecular flexibility index (Phi) is 2.20. The van der Waals surface area contributed by atoms with Gasteiger partial charge in [-0.2, -0.15) is 0 Å². The second-order valence-electron chi connectivity index (χ2n) is 3.74. The molecular weight excluding hydrogens is 166 g/mol. The Hall–Kier alpha value is -0.340. The van der Waals surface area contributed by atoms with Gasteiger partial charge in [-0.15, -0.1) is 11.3 Å². The summed E-state index contributed by atoms with van der Waals surface area (Å²) in [6, 6.07) is 2.67. The van der Waals surface area contributed by atoms with Gasteiger partial charge in [0.15, 0.2) is 0 Å². The molecule has 0 amide bonds. The van der Waals surface area contributed by atoms with Gasteiger partial charge in [-0.05, 0) is 49.1 Å². The third-order valence-electron chi connectivity index (χ3n) is 2.75. The predicted octanol–water partition coefficient (Wildman–Crippen LogP) is 2.65. The lowest BCUT2D eigenvalue weighted by atomic mass is 10.0. The number of nitrogens with two attached hydrogens (primary N) is 1. The van der Waals surface area contributed by atoms with Crippen LogP contribution >= 0.6 is 11.3 Å². The molecule has 2 unspecified atom stereocenters. The summed E-state index contributed by atoms with van der Waals surface area (Å²) in [6.45, 7) is 2.20. The molecule has 2 heteroatoms. The van der Waals surface area contributed by atoms with Gasteiger partial charge < -0.3 is 5.73 Å². The lowest BCUT2D eigenvalue weighted by Crippen LogP contribution is -2.14. The van der Waals surface area contributed by atoms with Gasteiger partial charge in [-0.25, -0.2) is 0 Å². The van der Waals surface area contributed by atoms with Gasteiger partial charge in [0, 0.05) is 10.9 Å². The van der Waals surface area contributed by atoms with Gasteiger partial charge in [0.1, 0.15) is 0 Å². The molecule has 2 atom stereocenters. The third-order valence-corrected chi connectivity index (χ3v) is 3.93. The molecule has 0 aliphatic heterocycles.